The van der Waals surface area contributed by atoms with Gasteiger partial charge in [0.05, 0.1) is 18.2 Å². The second-order valence-electron chi connectivity index (χ2n) is 5.19. The fourth-order valence-electron chi connectivity index (χ4n) is 1.95. The lowest BCUT2D eigenvalue weighted by Gasteiger charge is -2.37. The monoisotopic (exact) mass is 269 g/mol. The van der Waals surface area contributed by atoms with E-state index in [1.165, 1.54) is 11.3 Å². The van der Waals surface area contributed by atoms with Gasteiger partial charge in [-0.05, 0) is 20.8 Å². The van der Waals surface area contributed by atoms with E-state index in [1.807, 2.05) is 20.8 Å². The maximum Gasteiger partial charge on any atom is 0.273 e. The zero-order chi connectivity index (χ0) is 13.3. The van der Waals surface area contributed by atoms with Crippen LogP contribution in [-0.2, 0) is 4.74 Å². The van der Waals surface area contributed by atoms with Crippen LogP contribution in [0.4, 0.5) is 0 Å². The van der Waals surface area contributed by atoms with Crippen LogP contribution < -0.4 is 5.73 Å². The van der Waals surface area contributed by atoms with Crippen molar-refractivity contribution >= 4 is 17.2 Å². The summed E-state index contributed by atoms with van der Waals surface area (Å²) in [6.07, 6.45) is 0. The molecule has 100 valence electrons. The molecule has 1 aliphatic heterocycles. The molecule has 0 spiro atoms. The Morgan fingerprint density at radius 2 is 2.39 bits per heavy atom. The fraction of sp³-hybridized carbons (Fsp3) is 0.667. The number of rotatable bonds is 2. The molecule has 0 bridgehead atoms. The first kappa shape index (κ1) is 13.5. The normalized spacial score (nSPS) is 20.8. The Balaban J connectivity index is 2.10. The van der Waals surface area contributed by atoms with Crippen molar-refractivity contribution in [2.24, 2.45) is 5.73 Å². The third-order valence-electron chi connectivity index (χ3n) is 2.84. The predicted octanol–water partition coefficient (Wildman–Crippen LogP) is 1.41. The Labute approximate surface area is 111 Å². The van der Waals surface area contributed by atoms with Crippen molar-refractivity contribution in [1.82, 2.24) is 9.88 Å². The van der Waals surface area contributed by atoms with Crippen LogP contribution >= 0.6 is 11.3 Å². The van der Waals surface area contributed by atoms with Crippen molar-refractivity contribution in [1.29, 1.82) is 0 Å². The van der Waals surface area contributed by atoms with Gasteiger partial charge in [-0.1, -0.05) is 0 Å². The van der Waals surface area contributed by atoms with Gasteiger partial charge in [0.1, 0.15) is 10.7 Å². The maximum atomic E-state index is 12.3. The van der Waals surface area contributed by atoms with Gasteiger partial charge < -0.3 is 15.4 Å². The minimum absolute atomic E-state index is 0.0328. The summed E-state index contributed by atoms with van der Waals surface area (Å²) in [6.45, 7) is 7.62. The lowest BCUT2D eigenvalue weighted by atomic mass is 10.1. The predicted molar refractivity (Wildman–Crippen MR) is 70.7 cm³/mol. The number of hydrogen-bond acceptors (Lipinski definition) is 5. The van der Waals surface area contributed by atoms with Gasteiger partial charge >= 0.3 is 0 Å². The molecule has 1 fully saturated rings. The summed E-state index contributed by atoms with van der Waals surface area (Å²) in [7, 11) is 0. The van der Waals surface area contributed by atoms with Crippen LogP contribution in [-0.4, -0.2) is 41.1 Å². The molecule has 0 radical (unpaired) electrons. The molecule has 18 heavy (non-hydrogen) atoms. The molecule has 0 saturated carbocycles. The molecule has 1 unspecified atom stereocenters. The Bertz CT molecular complexity index is 442. The first-order chi connectivity index (χ1) is 8.39. The van der Waals surface area contributed by atoms with E-state index in [0.717, 1.165) is 5.01 Å². The zero-order valence-corrected chi connectivity index (χ0v) is 11.8. The van der Waals surface area contributed by atoms with Crippen molar-refractivity contribution < 1.29 is 9.53 Å². The molecule has 1 aliphatic rings. The van der Waals surface area contributed by atoms with Crippen LogP contribution in [0.25, 0.3) is 0 Å². The van der Waals surface area contributed by atoms with Crippen molar-refractivity contribution in [2.45, 2.75) is 32.4 Å². The number of hydrogen-bond donors (Lipinski definition) is 1. The standard InChI is InChI=1S/C12H19N3O2S/c1-8(13)10-14-9(6-18-10)11(16)15-4-5-17-12(2,3)7-15/h6,8H,4-5,7,13H2,1-3H3. The van der Waals surface area contributed by atoms with Crippen molar-refractivity contribution in [3.8, 4) is 0 Å². The summed E-state index contributed by atoms with van der Waals surface area (Å²) in [5.41, 5.74) is 5.96. The third-order valence-corrected chi connectivity index (χ3v) is 3.89. The number of carbonyl (C=O) groups excluding carboxylic acids is 1. The van der Waals surface area contributed by atoms with Crippen molar-refractivity contribution in [2.75, 3.05) is 19.7 Å². The third kappa shape index (κ3) is 2.88. The summed E-state index contributed by atoms with van der Waals surface area (Å²) >= 11 is 1.44. The van der Waals surface area contributed by atoms with E-state index in [4.69, 9.17) is 10.5 Å². The van der Waals surface area contributed by atoms with Crippen LogP contribution in [0.3, 0.4) is 0 Å². The summed E-state index contributed by atoms with van der Waals surface area (Å²) in [5.74, 6) is -0.0328. The molecule has 0 aliphatic carbocycles. The smallest absolute Gasteiger partial charge is 0.273 e. The number of nitrogens with two attached hydrogens (primary N) is 1. The van der Waals surface area contributed by atoms with E-state index in [2.05, 4.69) is 4.98 Å². The maximum absolute atomic E-state index is 12.3. The first-order valence-corrected chi connectivity index (χ1v) is 6.91. The molecule has 5 nitrogen and oxygen atoms in total. The van der Waals surface area contributed by atoms with E-state index >= 15 is 0 Å². The van der Waals surface area contributed by atoms with E-state index in [-0.39, 0.29) is 17.6 Å². The van der Waals surface area contributed by atoms with Gasteiger partial charge in [0.15, 0.2) is 0 Å². The molecule has 1 saturated heterocycles. The Kier molecular flexibility index (Phi) is 3.70. The minimum atomic E-state index is -0.284. The van der Waals surface area contributed by atoms with Gasteiger partial charge in [0.25, 0.3) is 5.91 Å². The summed E-state index contributed by atoms with van der Waals surface area (Å²) in [6, 6.07) is -0.127. The quantitative estimate of drug-likeness (QED) is 0.881. The first-order valence-electron chi connectivity index (χ1n) is 6.03. The van der Waals surface area contributed by atoms with E-state index in [1.54, 1.807) is 10.3 Å². The Morgan fingerprint density at radius 3 is 2.94 bits per heavy atom. The molecule has 2 rings (SSSR count). The van der Waals surface area contributed by atoms with E-state index in [9.17, 15) is 4.79 Å². The second kappa shape index (κ2) is 4.95. The SMILES string of the molecule is CC(N)c1nc(C(=O)N2CCOC(C)(C)C2)cs1. The topological polar surface area (TPSA) is 68.5 Å². The van der Waals surface area contributed by atoms with Crippen LogP contribution in [0.2, 0.25) is 0 Å². The van der Waals surface area contributed by atoms with E-state index < -0.39 is 0 Å². The van der Waals surface area contributed by atoms with Crippen LogP contribution in [0.5, 0.6) is 0 Å². The molecule has 1 aromatic heterocycles. The zero-order valence-electron chi connectivity index (χ0n) is 11.0. The largest absolute Gasteiger partial charge is 0.372 e. The number of morpholine rings is 1. The number of ether oxygens (including phenoxy) is 1. The number of thiazole rings is 1. The average molecular weight is 269 g/mol. The van der Waals surface area contributed by atoms with Gasteiger partial charge in [-0.15, -0.1) is 11.3 Å². The summed E-state index contributed by atoms with van der Waals surface area (Å²) in [4.78, 5) is 18.4. The minimum Gasteiger partial charge on any atom is -0.372 e. The van der Waals surface area contributed by atoms with Gasteiger partial charge in [0.2, 0.25) is 0 Å². The Hall–Kier alpha value is -0.980. The molecule has 6 heteroatoms. The highest BCUT2D eigenvalue weighted by Crippen LogP contribution is 2.21. The van der Waals surface area contributed by atoms with Gasteiger partial charge in [-0.3, -0.25) is 4.79 Å². The lowest BCUT2D eigenvalue weighted by Crippen LogP contribution is -2.50. The van der Waals surface area contributed by atoms with E-state index in [0.29, 0.717) is 25.4 Å². The molecular formula is C12H19N3O2S. The molecular weight excluding hydrogens is 250 g/mol. The second-order valence-corrected chi connectivity index (χ2v) is 6.08. The van der Waals surface area contributed by atoms with Crippen molar-refractivity contribution in [3.05, 3.63) is 16.1 Å². The average Bonchev–Trinajstić information content (AvgIpc) is 2.76. The van der Waals surface area contributed by atoms with Crippen LogP contribution in [0.15, 0.2) is 5.38 Å². The van der Waals surface area contributed by atoms with Crippen LogP contribution in [0.1, 0.15) is 42.3 Å². The lowest BCUT2D eigenvalue weighted by molar-refractivity contribution is -0.0764. The number of amides is 1. The van der Waals surface area contributed by atoms with Crippen molar-refractivity contribution in [3.63, 3.8) is 0 Å². The number of carbonyl (C=O) groups is 1. The van der Waals surface area contributed by atoms with Crippen LogP contribution in [0, 0.1) is 0 Å². The molecule has 0 aromatic carbocycles. The highest BCUT2D eigenvalue weighted by Gasteiger charge is 2.31. The molecule has 1 aromatic rings. The molecule has 2 N–H and O–H groups in total. The van der Waals surface area contributed by atoms with Gasteiger partial charge in [0, 0.05) is 18.5 Å². The number of nitrogens with zero attached hydrogens (tertiary/aromatic N) is 2. The fourth-order valence-corrected chi connectivity index (χ4v) is 2.70. The Morgan fingerprint density at radius 1 is 1.67 bits per heavy atom. The highest BCUT2D eigenvalue weighted by atomic mass is 32.1. The van der Waals surface area contributed by atoms with Gasteiger partial charge in [-0.25, -0.2) is 4.98 Å². The van der Waals surface area contributed by atoms with Gasteiger partial charge in [-0.2, -0.15) is 0 Å². The summed E-state index contributed by atoms with van der Waals surface area (Å²) < 4.78 is 5.59. The number of aromatic nitrogens is 1. The molecule has 2 heterocycles. The highest BCUT2D eigenvalue weighted by molar-refractivity contribution is 7.09. The molecule has 1 amide bonds. The molecule has 1 atom stereocenters. The summed E-state index contributed by atoms with van der Waals surface area (Å²) in [5, 5.41) is 2.58.